The SMILES string of the molecule is CCCCCCCCCCOC(=O)/C=C\C(=O)[O-].[Na+]. The Labute approximate surface area is 137 Å². The summed E-state index contributed by atoms with van der Waals surface area (Å²) in [7, 11) is 0. The van der Waals surface area contributed by atoms with E-state index in [0.29, 0.717) is 12.7 Å². The van der Waals surface area contributed by atoms with E-state index in [1.54, 1.807) is 0 Å². The third kappa shape index (κ3) is 17.7. The van der Waals surface area contributed by atoms with Crippen LogP contribution in [-0.2, 0) is 14.3 Å². The summed E-state index contributed by atoms with van der Waals surface area (Å²) < 4.78 is 4.82. The molecule has 19 heavy (non-hydrogen) atoms. The predicted molar refractivity (Wildman–Crippen MR) is 67.7 cm³/mol. The van der Waals surface area contributed by atoms with Gasteiger partial charge < -0.3 is 14.6 Å². The number of carboxylic acids is 1. The molecule has 0 fully saturated rings. The first kappa shape index (κ1) is 21.0. The minimum Gasteiger partial charge on any atom is -0.545 e. The standard InChI is InChI=1S/C14H24O4.Na/c1-2-3-4-5-6-7-8-9-12-18-14(17)11-10-13(15)16;/h10-11H,2-9,12H2,1H3,(H,15,16);/q;+1/p-1/b11-10-;. The molecule has 5 heteroatoms. The summed E-state index contributed by atoms with van der Waals surface area (Å²) in [6.07, 6.45) is 11.0. The molecule has 0 aromatic rings. The van der Waals surface area contributed by atoms with E-state index in [9.17, 15) is 14.7 Å². The third-order valence-corrected chi connectivity index (χ3v) is 2.60. The Hall–Kier alpha value is -0.320. The Morgan fingerprint density at radius 3 is 2.00 bits per heavy atom. The Kier molecular flexibility index (Phi) is 17.4. The van der Waals surface area contributed by atoms with Gasteiger partial charge in [0.15, 0.2) is 0 Å². The zero-order valence-electron chi connectivity index (χ0n) is 12.2. The molecule has 0 heterocycles. The first-order chi connectivity index (χ1) is 8.66. The Morgan fingerprint density at radius 2 is 1.47 bits per heavy atom. The number of carbonyl (C=O) groups is 2. The number of unbranched alkanes of at least 4 members (excludes halogenated alkanes) is 7. The molecule has 0 saturated carbocycles. The van der Waals surface area contributed by atoms with Crippen molar-refractivity contribution in [2.24, 2.45) is 0 Å². The largest absolute Gasteiger partial charge is 1.00 e. The summed E-state index contributed by atoms with van der Waals surface area (Å²) >= 11 is 0. The van der Waals surface area contributed by atoms with E-state index in [4.69, 9.17) is 4.74 Å². The average Bonchev–Trinajstić information content (AvgIpc) is 2.34. The molecule has 0 rings (SSSR count). The summed E-state index contributed by atoms with van der Waals surface area (Å²) in [5.41, 5.74) is 0. The monoisotopic (exact) mass is 278 g/mol. The topological polar surface area (TPSA) is 66.4 Å². The molecule has 0 aliphatic carbocycles. The predicted octanol–water partition coefficient (Wildman–Crippen LogP) is -1.02. The number of aliphatic carboxylic acids is 1. The van der Waals surface area contributed by atoms with Crippen LogP contribution in [0.4, 0.5) is 0 Å². The van der Waals surface area contributed by atoms with Crippen LogP contribution in [-0.4, -0.2) is 18.5 Å². The zero-order chi connectivity index (χ0) is 13.6. The Balaban J connectivity index is 0. The molecule has 0 aromatic carbocycles. The summed E-state index contributed by atoms with van der Waals surface area (Å²) in [5, 5.41) is 10.0. The quantitative estimate of drug-likeness (QED) is 0.210. The van der Waals surface area contributed by atoms with Crippen molar-refractivity contribution in [3.63, 3.8) is 0 Å². The van der Waals surface area contributed by atoms with Crippen molar-refractivity contribution in [3.8, 4) is 0 Å². The number of carbonyl (C=O) groups excluding carboxylic acids is 2. The maximum atomic E-state index is 11.0. The van der Waals surface area contributed by atoms with Crippen molar-refractivity contribution in [2.45, 2.75) is 58.3 Å². The Morgan fingerprint density at radius 1 is 0.947 bits per heavy atom. The molecule has 0 amide bonds. The Bertz CT molecular complexity index is 264. The molecule has 0 radical (unpaired) electrons. The molecule has 0 unspecified atom stereocenters. The normalized spacial score (nSPS) is 10.2. The smallest absolute Gasteiger partial charge is 0.545 e. The van der Waals surface area contributed by atoms with Gasteiger partial charge in [0, 0.05) is 6.08 Å². The molecule has 0 bridgehead atoms. The van der Waals surface area contributed by atoms with Gasteiger partial charge in [-0.15, -0.1) is 0 Å². The number of esters is 1. The first-order valence-corrected chi connectivity index (χ1v) is 6.72. The van der Waals surface area contributed by atoms with Crippen molar-refractivity contribution < 1.29 is 49.0 Å². The van der Waals surface area contributed by atoms with Gasteiger partial charge in [-0.25, -0.2) is 4.79 Å². The van der Waals surface area contributed by atoms with Crippen LogP contribution in [0.5, 0.6) is 0 Å². The molecular weight excluding hydrogens is 255 g/mol. The van der Waals surface area contributed by atoms with Gasteiger partial charge in [-0.1, -0.05) is 51.9 Å². The van der Waals surface area contributed by atoms with Gasteiger partial charge in [0.25, 0.3) is 0 Å². The van der Waals surface area contributed by atoms with E-state index >= 15 is 0 Å². The van der Waals surface area contributed by atoms with Gasteiger partial charge in [0.05, 0.1) is 12.6 Å². The number of ether oxygens (including phenoxy) is 1. The zero-order valence-corrected chi connectivity index (χ0v) is 14.2. The van der Waals surface area contributed by atoms with Crippen molar-refractivity contribution in [2.75, 3.05) is 6.61 Å². The van der Waals surface area contributed by atoms with Crippen LogP contribution >= 0.6 is 0 Å². The summed E-state index contributed by atoms with van der Waals surface area (Å²) in [5.74, 6) is -2.01. The number of rotatable bonds is 11. The van der Waals surface area contributed by atoms with Gasteiger partial charge in [0.2, 0.25) is 0 Å². The second kappa shape index (κ2) is 15.7. The maximum absolute atomic E-state index is 11.0. The molecule has 0 spiro atoms. The molecule has 0 aromatic heterocycles. The van der Waals surface area contributed by atoms with Crippen LogP contribution in [0.2, 0.25) is 0 Å². The van der Waals surface area contributed by atoms with E-state index < -0.39 is 11.9 Å². The number of carboxylic acid groups (broad SMARTS) is 1. The molecule has 0 N–H and O–H groups in total. The van der Waals surface area contributed by atoms with E-state index in [0.717, 1.165) is 25.3 Å². The molecule has 0 aliphatic rings. The fourth-order valence-corrected chi connectivity index (χ4v) is 1.59. The number of hydrogen-bond acceptors (Lipinski definition) is 4. The van der Waals surface area contributed by atoms with Crippen molar-refractivity contribution in [1.82, 2.24) is 0 Å². The van der Waals surface area contributed by atoms with Gasteiger partial charge in [-0.2, -0.15) is 0 Å². The van der Waals surface area contributed by atoms with Crippen LogP contribution in [0.25, 0.3) is 0 Å². The van der Waals surface area contributed by atoms with Crippen molar-refractivity contribution >= 4 is 11.9 Å². The van der Waals surface area contributed by atoms with Crippen LogP contribution < -0.4 is 34.7 Å². The van der Waals surface area contributed by atoms with Gasteiger partial charge in [0.1, 0.15) is 0 Å². The van der Waals surface area contributed by atoms with Crippen molar-refractivity contribution in [1.29, 1.82) is 0 Å². The summed E-state index contributed by atoms with van der Waals surface area (Å²) in [6, 6.07) is 0. The fourth-order valence-electron chi connectivity index (χ4n) is 1.59. The molecule has 4 nitrogen and oxygen atoms in total. The van der Waals surface area contributed by atoms with Crippen LogP contribution in [0.15, 0.2) is 12.2 Å². The minimum atomic E-state index is -1.39. The van der Waals surface area contributed by atoms with Gasteiger partial charge >= 0.3 is 35.5 Å². The molecule has 0 saturated heterocycles. The molecule has 0 atom stereocenters. The van der Waals surface area contributed by atoms with E-state index in [1.807, 2.05) is 0 Å². The van der Waals surface area contributed by atoms with Crippen molar-refractivity contribution in [3.05, 3.63) is 12.2 Å². The second-order valence-electron chi connectivity index (χ2n) is 4.29. The molecule has 0 aliphatic heterocycles. The molecule has 104 valence electrons. The average molecular weight is 278 g/mol. The van der Waals surface area contributed by atoms with E-state index in [2.05, 4.69) is 6.92 Å². The second-order valence-corrected chi connectivity index (χ2v) is 4.29. The fraction of sp³-hybridized carbons (Fsp3) is 0.714. The third-order valence-electron chi connectivity index (χ3n) is 2.60. The molecular formula is C14H23NaO4. The van der Waals surface area contributed by atoms with Gasteiger partial charge in [-0.3, -0.25) is 0 Å². The first-order valence-electron chi connectivity index (χ1n) is 6.72. The van der Waals surface area contributed by atoms with E-state index in [-0.39, 0.29) is 29.6 Å². The minimum absolute atomic E-state index is 0. The van der Waals surface area contributed by atoms with Crippen LogP contribution in [0.1, 0.15) is 58.3 Å². The summed E-state index contributed by atoms with van der Waals surface area (Å²) in [4.78, 5) is 21.0. The van der Waals surface area contributed by atoms with Gasteiger partial charge in [-0.05, 0) is 12.5 Å². The maximum Gasteiger partial charge on any atom is 1.00 e. The van der Waals surface area contributed by atoms with Crippen LogP contribution in [0.3, 0.4) is 0 Å². The van der Waals surface area contributed by atoms with Crippen LogP contribution in [0, 0.1) is 0 Å². The number of hydrogen-bond donors (Lipinski definition) is 0. The van der Waals surface area contributed by atoms with E-state index in [1.165, 1.54) is 32.1 Å². The summed E-state index contributed by atoms with van der Waals surface area (Å²) in [6.45, 7) is 2.55.